The Labute approximate surface area is 124 Å². The first-order valence-electron chi connectivity index (χ1n) is 6.40. The van der Waals surface area contributed by atoms with Crippen molar-refractivity contribution in [2.24, 2.45) is 5.73 Å². The van der Waals surface area contributed by atoms with Crippen LogP contribution in [0.15, 0.2) is 48.5 Å². The van der Waals surface area contributed by atoms with Gasteiger partial charge in [0, 0.05) is 6.54 Å². The first-order chi connectivity index (χ1) is 10.2. The van der Waals surface area contributed by atoms with Crippen molar-refractivity contribution < 1.29 is 8.78 Å². The predicted octanol–water partition coefficient (Wildman–Crippen LogP) is 4.21. The van der Waals surface area contributed by atoms with Gasteiger partial charge in [0.1, 0.15) is 16.6 Å². The molecule has 0 saturated carbocycles. The lowest BCUT2D eigenvalue weighted by Gasteiger charge is -2.00. The molecule has 2 N–H and O–H groups in total. The maximum atomic E-state index is 13.9. The molecule has 1 aromatic heterocycles. The number of hydrogen-bond acceptors (Lipinski definition) is 3. The minimum absolute atomic E-state index is 0.0978. The molecule has 0 aliphatic heterocycles. The van der Waals surface area contributed by atoms with Crippen LogP contribution >= 0.6 is 11.3 Å². The van der Waals surface area contributed by atoms with Gasteiger partial charge < -0.3 is 5.73 Å². The highest BCUT2D eigenvalue weighted by Gasteiger charge is 2.18. The second-order valence-corrected chi connectivity index (χ2v) is 5.46. The Morgan fingerprint density at radius 1 is 0.952 bits per heavy atom. The van der Waals surface area contributed by atoms with Gasteiger partial charge in [0.05, 0.1) is 16.1 Å². The number of aromatic nitrogens is 1. The van der Waals surface area contributed by atoms with Crippen molar-refractivity contribution in [1.29, 1.82) is 0 Å². The van der Waals surface area contributed by atoms with Crippen molar-refractivity contribution in [2.45, 2.75) is 6.54 Å². The van der Waals surface area contributed by atoms with E-state index in [1.165, 1.54) is 29.5 Å². The summed E-state index contributed by atoms with van der Waals surface area (Å²) in [6, 6.07) is 13.3. The van der Waals surface area contributed by atoms with Crippen LogP contribution in [0.3, 0.4) is 0 Å². The summed E-state index contributed by atoms with van der Waals surface area (Å²) < 4.78 is 27.8. The highest BCUT2D eigenvalue weighted by Crippen LogP contribution is 2.37. The molecule has 0 spiro atoms. The lowest BCUT2D eigenvalue weighted by Crippen LogP contribution is -1.98. The van der Waals surface area contributed by atoms with E-state index in [-0.39, 0.29) is 12.1 Å². The van der Waals surface area contributed by atoms with Crippen LogP contribution in [0.2, 0.25) is 0 Å². The second kappa shape index (κ2) is 5.71. The summed E-state index contributed by atoms with van der Waals surface area (Å²) in [5.74, 6) is -1.24. The van der Waals surface area contributed by atoms with Crippen LogP contribution in [0, 0.1) is 11.6 Å². The van der Waals surface area contributed by atoms with Gasteiger partial charge in [0.25, 0.3) is 0 Å². The van der Waals surface area contributed by atoms with Crippen molar-refractivity contribution in [2.75, 3.05) is 0 Å². The van der Waals surface area contributed by atoms with Crippen LogP contribution in [-0.4, -0.2) is 4.98 Å². The van der Waals surface area contributed by atoms with E-state index in [9.17, 15) is 8.78 Å². The van der Waals surface area contributed by atoms with Crippen molar-refractivity contribution in [1.82, 2.24) is 4.98 Å². The maximum absolute atomic E-state index is 13.9. The number of halogens is 2. The summed E-state index contributed by atoms with van der Waals surface area (Å²) in [5.41, 5.74) is 7.20. The summed E-state index contributed by atoms with van der Waals surface area (Å²) in [6.07, 6.45) is 0. The lowest BCUT2D eigenvalue weighted by molar-refractivity contribution is 0.589. The smallest absolute Gasteiger partial charge is 0.136 e. The molecule has 0 aliphatic carbocycles. The molecule has 21 heavy (non-hydrogen) atoms. The van der Waals surface area contributed by atoms with E-state index >= 15 is 0 Å². The molecule has 106 valence electrons. The number of nitrogens with two attached hydrogens (primary N) is 1. The van der Waals surface area contributed by atoms with Crippen molar-refractivity contribution in [3.05, 3.63) is 65.9 Å². The number of nitrogens with zero attached hydrogens (tertiary/aromatic N) is 1. The number of benzene rings is 2. The average molecular weight is 302 g/mol. The third-order valence-corrected chi connectivity index (χ3v) is 4.27. The van der Waals surface area contributed by atoms with Crippen LogP contribution in [0.4, 0.5) is 8.78 Å². The molecular weight excluding hydrogens is 290 g/mol. The normalized spacial score (nSPS) is 10.8. The number of rotatable bonds is 3. The Kier molecular flexibility index (Phi) is 3.77. The van der Waals surface area contributed by atoms with Gasteiger partial charge >= 0.3 is 0 Å². The topological polar surface area (TPSA) is 38.9 Å². The van der Waals surface area contributed by atoms with Crippen molar-refractivity contribution >= 4 is 11.3 Å². The molecule has 0 atom stereocenters. The standard InChI is InChI=1S/C16H12F2N2S/c17-11-7-4-8-12(18)14(11)16-20-13(9-19)15(21-16)10-5-2-1-3-6-10/h1-8H,9,19H2. The van der Waals surface area contributed by atoms with Crippen molar-refractivity contribution in [3.63, 3.8) is 0 Å². The van der Waals surface area contributed by atoms with Crippen LogP contribution in [-0.2, 0) is 6.54 Å². The first kappa shape index (κ1) is 13.9. The van der Waals surface area contributed by atoms with Gasteiger partial charge in [0.2, 0.25) is 0 Å². The first-order valence-corrected chi connectivity index (χ1v) is 7.22. The molecule has 2 nitrogen and oxygen atoms in total. The highest BCUT2D eigenvalue weighted by molar-refractivity contribution is 7.18. The molecule has 0 radical (unpaired) electrons. The van der Waals surface area contributed by atoms with Gasteiger partial charge in [-0.2, -0.15) is 0 Å². The maximum Gasteiger partial charge on any atom is 0.136 e. The van der Waals surface area contributed by atoms with Gasteiger partial charge in [-0.25, -0.2) is 13.8 Å². The van der Waals surface area contributed by atoms with Gasteiger partial charge in [-0.1, -0.05) is 36.4 Å². The van der Waals surface area contributed by atoms with E-state index in [1.54, 1.807) is 0 Å². The summed E-state index contributed by atoms with van der Waals surface area (Å²) in [4.78, 5) is 5.15. The largest absolute Gasteiger partial charge is 0.325 e. The lowest BCUT2D eigenvalue weighted by atomic mass is 10.1. The van der Waals surface area contributed by atoms with Gasteiger partial charge in [-0.05, 0) is 17.7 Å². The monoisotopic (exact) mass is 302 g/mol. The second-order valence-electron chi connectivity index (χ2n) is 4.46. The van der Waals surface area contributed by atoms with E-state index in [2.05, 4.69) is 4.98 Å². The van der Waals surface area contributed by atoms with Crippen molar-refractivity contribution in [3.8, 4) is 21.0 Å². The van der Waals surface area contributed by atoms with Crippen LogP contribution in [0.5, 0.6) is 0 Å². The minimum atomic E-state index is -0.619. The minimum Gasteiger partial charge on any atom is -0.325 e. The zero-order valence-electron chi connectivity index (χ0n) is 11.0. The third kappa shape index (κ3) is 2.57. The summed E-state index contributed by atoms with van der Waals surface area (Å²) in [5, 5.41) is 0.310. The molecular formula is C16H12F2N2S. The summed E-state index contributed by atoms with van der Waals surface area (Å²) in [7, 11) is 0. The summed E-state index contributed by atoms with van der Waals surface area (Å²) in [6.45, 7) is 0.219. The zero-order chi connectivity index (χ0) is 14.8. The van der Waals surface area contributed by atoms with E-state index in [0.29, 0.717) is 10.7 Å². The fourth-order valence-corrected chi connectivity index (χ4v) is 3.26. The third-order valence-electron chi connectivity index (χ3n) is 3.10. The highest BCUT2D eigenvalue weighted by atomic mass is 32.1. The van der Waals surface area contributed by atoms with Crippen LogP contribution in [0.1, 0.15) is 5.69 Å². The molecule has 0 aliphatic rings. The molecule has 0 amide bonds. The molecule has 0 bridgehead atoms. The Morgan fingerprint density at radius 2 is 1.62 bits per heavy atom. The number of hydrogen-bond donors (Lipinski definition) is 1. The molecule has 0 unspecified atom stereocenters. The molecule has 1 heterocycles. The Balaban J connectivity index is 2.17. The zero-order valence-corrected chi connectivity index (χ0v) is 11.8. The SMILES string of the molecule is NCc1nc(-c2c(F)cccc2F)sc1-c1ccccc1. The fraction of sp³-hybridized carbons (Fsp3) is 0.0625. The average Bonchev–Trinajstić information content (AvgIpc) is 2.92. The van der Waals surface area contributed by atoms with E-state index in [1.807, 2.05) is 30.3 Å². The Hall–Kier alpha value is -2.11. The van der Waals surface area contributed by atoms with E-state index < -0.39 is 11.6 Å². The molecule has 3 rings (SSSR count). The Morgan fingerprint density at radius 3 is 2.24 bits per heavy atom. The summed E-state index contributed by atoms with van der Waals surface area (Å²) >= 11 is 1.25. The molecule has 3 aromatic rings. The molecule has 5 heteroatoms. The van der Waals surface area contributed by atoms with E-state index in [4.69, 9.17) is 5.73 Å². The quantitative estimate of drug-likeness (QED) is 0.787. The van der Waals surface area contributed by atoms with Crippen LogP contribution < -0.4 is 5.73 Å². The number of thiazole rings is 1. The van der Waals surface area contributed by atoms with Gasteiger partial charge in [0.15, 0.2) is 0 Å². The van der Waals surface area contributed by atoms with Gasteiger partial charge in [-0.15, -0.1) is 11.3 Å². The predicted molar refractivity (Wildman–Crippen MR) is 80.8 cm³/mol. The molecule has 2 aromatic carbocycles. The Bertz CT molecular complexity index is 749. The fourth-order valence-electron chi connectivity index (χ4n) is 2.11. The van der Waals surface area contributed by atoms with Gasteiger partial charge in [-0.3, -0.25) is 0 Å². The van der Waals surface area contributed by atoms with Crippen LogP contribution in [0.25, 0.3) is 21.0 Å². The molecule has 0 saturated heterocycles. The van der Waals surface area contributed by atoms with E-state index in [0.717, 1.165) is 10.4 Å². The molecule has 0 fully saturated rings.